The van der Waals surface area contributed by atoms with Crippen molar-refractivity contribution in [3.63, 3.8) is 0 Å². The van der Waals surface area contributed by atoms with Gasteiger partial charge in [0.25, 0.3) is 0 Å². The van der Waals surface area contributed by atoms with E-state index in [0.29, 0.717) is 6.54 Å². The van der Waals surface area contributed by atoms with Gasteiger partial charge in [0.15, 0.2) is 0 Å². The molecule has 0 unspecified atom stereocenters. The Morgan fingerprint density at radius 3 is 2.86 bits per heavy atom. The number of rotatable bonds is 6. The highest BCUT2D eigenvalue weighted by Gasteiger charge is 1.95. The van der Waals surface area contributed by atoms with E-state index in [1.807, 2.05) is 23.5 Å². The summed E-state index contributed by atoms with van der Waals surface area (Å²) in [6, 6.07) is 8.50. The second kappa shape index (κ2) is 7.21. The van der Waals surface area contributed by atoms with Crippen LogP contribution in [0.25, 0.3) is 0 Å². The summed E-state index contributed by atoms with van der Waals surface area (Å²) in [5, 5.41) is 0. The lowest BCUT2D eigenvalue weighted by Crippen LogP contribution is -1.95. The zero-order chi connectivity index (χ0) is 10.2. The highest BCUT2D eigenvalue weighted by atomic mass is 32.2. The lowest BCUT2D eigenvalue weighted by Gasteiger charge is -2.02. The van der Waals surface area contributed by atoms with E-state index in [1.165, 1.54) is 28.4 Å². The van der Waals surface area contributed by atoms with E-state index in [-0.39, 0.29) is 0 Å². The smallest absolute Gasteiger partial charge is 0.0178 e. The van der Waals surface area contributed by atoms with E-state index in [0.717, 1.165) is 0 Å². The monoisotopic (exact) mass is 227 g/mol. The van der Waals surface area contributed by atoms with Crippen LogP contribution in [0.1, 0.15) is 12.0 Å². The SMILES string of the molecule is CSCCCSc1cccc(CN)c1. The molecule has 0 atom stereocenters. The Balaban J connectivity index is 2.34. The van der Waals surface area contributed by atoms with E-state index in [4.69, 9.17) is 5.73 Å². The zero-order valence-corrected chi connectivity index (χ0v) is 10.2. The van der Waals surface area contributed by atoms with Crippen LogP contribution in [-0.4, -0.2) is 17.8 Å². The van der Waals surface area contributed by atoms with Crippen LogP contribution in [0.2, 0.25) is 0 Å². The molecule has 14 heavy (non-hydrogen) atoms. The van der Waals surface area contributed by atoms with Gasteiger partial charge in [-0.1, -0.05) is 12.1 Å². The van der Waals surface area contributed by atoms with Crippen molar-refractivity contribution in [3.05, 3.63) is 29.8 Å². The summed E-state index contributed by atoms with van der Waals surface area (Å²) in [5.41, 5.74) is 6.80. The van der Waals surface area contributed by atoms with Crippen LogP contribution in [-0.2, 0) is 6.54 Å². The van der Waals surface area contributed by atoms with E-state index in [1.54, 1.807) is 0 Å². The summed E-state index contributed by atoms with van der Waals surface area (Å²) in [6.07, 6.45) is 3.43. The van der Waals surface area contributed by atoms with Crippen molar-refractivity contribution in [1.29, 1.82) is 0 Å². The molecule has 0 radical (unpaired) electrons. The van der Waals surface area contributed by atoms with Crippen LogP contribution < -0.4 is 5.73 Å². The molecule has 0 bridgehead atoms. The lowest BCUT2D eigenvalue weighted by molar-refractivity contribution is 1.06. The van der Waals surface area contributed by atoms with Crippen molar-refractivity contribution in [3.8, 4) is 0 Å². The first-order chi connectivity index (χ1) is 6.86. The molecule has 78 valence electrons. The second-order valence-corrected chi connectivity index (χ2v) is 5.20. The van der Waals surface area contributed by atoms with Crippen LogP contribution in [0, 0.1) is 0 Å². The molecule has 1 aromatic carbocycles. The van der Waals surface area contributed by atoms with Crippen molar-refractivity contribution < 1.29 is 0 Å². The van der Waals surface area contributed by atoms with Crippen LogP contribution in [0.4, 0.5) is 0 Å². The van der Waals surface area contributed by atoms with Gasteiger partial charge >= 0.3 is 0 Å². The largest absolute Gasteiger partial charge is 0.326 e. The first kappa shape index (κ1) is 12.0. The van der Waals surface area contributed by atoms with E-state index in [2.05, 4.69) is 30.5 Å². The Morgan fingerprint density at radius 2 is 2.14 bits per heavy atom. The minimum absolute atomic E-state index is 0.638. The summed E-state index contributed by atoms with van der Waals surface area (Å²) in [7, 11) is 0. The standard InChI is InChI=1S/C11H17NS2/c1-13-6-3-7-14-11-5-2-4-10(8-11)9-12/h2,4-5,8H,3,6-7,9,12H2,1H3. The normalized spacial score (nSPS) is 10.4. The highest BCUT2D eigenvalue weighted by molar-refractivity contribution is 7.99. The maximum Gasteiger partial charge on any atom is 0.0178 e. The van der Waals surface area contributed by atoms with E-state index >= 15 is 0 Å². The van der Waals surface area contributed by atoms with Gasteiger partial charge in [-0.25, -0.2) is 0 Å². The molecule has 0 saturated carbocycles. The van der Waals surface area contributed by atoms with Crippen molar-refractivity contribution in [2.24, 2.45) is 5.73 Å². The molecule has 0 saturated heterocycles. The van der Waals surface area contributed by atoms with E-state index < -0.39 is 0 Å². The van der Waals surface area contributed by atoms with Gasteiger partial charge in [-0.2, -0.15) is 11.8 Å². The van der Waals surface area contributed by atoms with Crippen LogP contribution >= 0.6 is 23.5 Å². The van der Waals surface area contributed by atoms with Crippen molar-refractivity contribution in [1.82, 2.24) is 0 Å². The van der Waals surface area contributed by atoms with Gasteiger partial charge in [-0.15, -0.1) is 11.8 Å². The predicted molar refractivity (Wildman–Crippen MR) is 68.1 cm³/mol. The average Bonchev–Trinajstić information content (AvgIpc) is 2.25. The first-order valence-corrected chi connectivity index (χ1v) is 7.15. The molecular formula is C11H17NS2. The molecule has 0 spiro atoms. The molecule has 0 aliphatic rings. The third-order valence-corrected chi connectivity index (χ3v) is 3.67. The summed E-state index contributed by atoms with van der Waals surface area (Å²) in [4.78, 5) is 1.34. The third-order valence-electron chi connectivity index (χ3n) is 1.90. The number of benzene rings is 1. The van der Waals surface area contributed by atoms with Crippen molar-refractivity contribution >= 4 is 23.5 Å². The first-order valence-electron chi connectivity index (χ1n) is 4.77. The number of thioether (sulfide) groups is 2. The lowest BCUT2D eigenvalue weighted by atomic mass is 10.2. The Bertz CT molecular complexity index is 263. The molecule has 0 aromatic heterocycles. The minimum atomic E-state index is 0.638. The molecule has 1 aromatic rings. The minimum Gasteiger partial charge on any atom is -0.326 e. The molecular weight excluding hydrogens is 210 g/mol. The third kappa shape index (κ3) is 4.40. The Labute approximate surface area is 94.8 Å². The second-order valence-electron chi connectivity index (χ2n) is 3.05. The topological polar surface area (TPSA) is 26.0 Å². The van der Waals surface area contributed by atoms with Crippen molar-refractivity contribution in [2.45, 2.75) is 17.9 Å². The maximum absolute atomic E-state index is 5.58. The number of hydrogen-bond donors (Lipinski definition) is 1. The Hall–Kier alpha value is -0.120. The van der Waals surface area contributed by atoms with Gasteiger partial charge in [-0.05, 0) is 41.9 Å². The van der Waals surface area contributed by atoms with Gasteiger partial charge in [-0.3, -0.25) is 0 Å². The van der Waals surface area contributed by atoms with Gasteiger partial charge < -0.3 is 5.73 Å². The Morgan fingerprint density at radius 1 is 1.29 bits per heavy atom. The van der Waals surface area contributed by atoms with Crippen LogP contribution in [0.15, 0.2) is 29.2 Å². The van der Waals surface area contributed by atoms with Gasteiger partial charge in [0.05, 0.1) is 0 Å². The summed E-state index contributed by atoms with van der Waals surface area (Å²) in [6.45, 7) is 0.638. The van der Waals surface area contributed by atoms with Gasteiger partial charge in [0, 0.05) is 11.4 Å². The van der Waals surface area contributed by atoms with Crippen molar-refractivity contribution in [2.75, 3.05) is 17.8 Å². The van der Waals surface area contributed by atoms with Crippen LogP contribution in [0.5, 0.6) is 0 Å². The Kier molecular flexibility index (Phi) is 6.15. The fraction of sp³-hybridized carbons (Fsp3) is 0.455. The summed E-state index contributed by atoms with van der Waals surface area (Å²) >= 11 is 3.83. The molecule has 0 aliphatic heterocycles. The highest BCUT2D eigenvalue weighted by Crippen LogP contribution is 2.20. The molecule has 3 heteroatoms. The quantitative estimate of drug-likeness (QED) is 0.597. The number of nitrogens with two attached hydrogens (primary N) is 1. The maximum atomic E-state index is 5.58. The van der Waals surface area contributed by atoms with Gasteiger partial charge in [0.1, 0.15) is 0 Å². The van der Waals surface area contributed by atoms with Crippen LogP contribution in [0.3, 0.4) is 0 Å². The fourth-order valence-corrected chi connectivity index (χ4v) is 2.71. The van der Waals surface area contributed by atoms with E-state index in [9.17, 15) is 0 Å². The average molecular weight is 227 g/mol. The molecule has 0 fully saturated rings. The molecule has 1 nitrogen and oxygen atoms in total. The zero-order valence-electron chi connectivity index (χ0n) is 8.53. The molecule has 1 rings (SSSR count). The molecule has 2 N–H and O–H groups in total. The summed E-state index contributed by atoms with van der Waals surface area (Å²) < 4.78 is 0. The fourth-order valence-electron chi connectivity index (χ4n) is 1.16. The number of hydrogen-bond acceptors (Lipinski definition) is 3. The molecule has 0 heterocycles. The van der Waals surface area contributed by atoms with Gasteiger partial charge in [0.2, 0.25) is 0 Å². The predicted octanol–water partition coefficient (Wildman–Crippen LogP) is 2.99. The summed E-state index contributed by atoms with van der Waals surface area (Å²) in [5.74, 6) is 2.46. The molecule has 0 aliphatic carbocycles. The molecule has 0 amide bonds.